The van der Waals surface area contributed by atoms with Crippen molar-refractivity contribution < 1.29 is 14.4 Å². The predicted molar refractivity (Wildman–Crippen MR) is 102 cm³/mol. The van der Waals surface area contributed by atoms with E-state index in [2.05, 4.69) is 15.3 Å². The van der Waals surface area contributed by atoms with E-state index < -0.39 is 12.1 Å². The Morgan fingerprint density at radius 3 is 2.61 bits per heavy atom. The number of piperazine rings is 2. The quantitative estimate of drug-likeness (QED) is 0.775. The number of benzene rings is 1. The second-order valence-corrected chi connectivity index (χ2v) is 7.67. The fourth-order valence-electron chi connectivity index (χ4n) is 3.60. The van der Waals surface area contributed by atoms with Gasteiger partial charge in [-0.15, -0.1) is 0 Å². The summed E-state index contributed by atoms with van der Waals surface area (Å²) in [5.74, 6) is -0.702. The molecule has 1 aromatic heterocycles. The summed E-state index contributed by atoms with van der Waals surface area (Å²) in [6, 6.07) is 3.27. The van der Waals surface area contributed by atoms with Gasteiger partial charge in [0.1, 0.15) is 12.1 Å². The molecule has 2 aromatic rings. The number of rotatable bonds is 3. The minimum absolute atomic E-state index is 0.122. The number of H-pyrrole nitrogens is 1. The smallest absolute Gasteiger partial charge is 0.254 e. The normalized spacial score (nSPS) is 22.1. The third kappa shape index (κ3) is 3.57. The second kappa shape index (κ2) is 7.44. The molecule has 2 aliphatic rings. The lowest BCUT2D eigenvalue weighted by atomic mass is 10.0. The molecule has 0 aliphatic carbocycles. The van der Waals surface area contributed by atoms with Gasteiger partial charge in [-0.2, -0.15) is 0 Å². The fraction of sp³-hybridized carbons (Fsp3) is 0.333. The van der Waals surface area contributed by atoms with E-state index in [9.17, 15) is 14.4 Å². The molecule has 0 unspecified atom stereocenters. The molecule has 0 radical (unpaired) electrons. The molecule has 2 saturated heterocycles. The first-order chi connectivity index (χ1) is 13.4. The van der Waals surface area contributed by atoms with Gasteiger partial charge in [-0.3, -0.25) is 14.4 Å². The maximum absolute atomic E-state index is 12.8. The van der Waals surface area contributed by atoms with Crippen molar-refractivity contribution in [3.05, 3.63) is 52.0 Å². The van der Waals surface area contributed by atoms with Crippen LogP contribution in [0.15, 0.2) is 30.7 Å². The summed E-state index contributed by atoms with van der Waals surface area (Å²) in [5.41, 5.74) is 1.12. The Labute approximate surface area is 170 Å². The van der Waals surface area contributed by atoms with Crippen LogP contribution in [0.3, 0.4) is 0 Å². The lowest BCUT2D eigenvalue weighted by Crippen LogP contribution is -2.70. The lowest BCUT2D eigenvalue weighted by Gasteiger charge is -2.45. The molecule has 3 heterocycles. The van der Waals surface area contributed by atoms with Gasteiger partial charge in [-0.25, -0.2) is 4.98 Å². The number of hydrogen-bond acceptors (Lipinski definition) is 4. The first kappa shape index (κ1) is 18.8. The summed E-state index contributed by atoms with van der Waals surface area (Å²) in [7, 11) is 0. The molecule has 0 saturated carbocycles. The highest BCUT2D eigenvalue weighted by molar-refractivity contribution is 6.35. The molecule has 2 fully saturated rings. The Morgan fingerprint density at radius 2 is 1.93 bits per heavy atom. The maximum atomic E-state index is 12.8. The third-order valence-corrected chi connectivity index (χ3v) is 5.39. The van der Waals surface area contributed by atoms with E-state index in [1.165, 1.54) is 18.5 Å². The molecule has 2 atom stereocenters. The Hall–Kier alpha value is -2.58. The zero-order chi connectivity index (χ0) is 19.8. The molecule has 4 rings (SSSR count). The van der Waals surface area contributed by atoms with Gasteiger partial charge in [0.2, 0.25) is 11.8 Å². The molecule has 10 heteroatoms. The molecular weight excluding hydrogens is 405 g/mol. The Bertz CT molecular complexity index is 913. The molecule has 0 bridgehead atoms. The zero-order valence-corrected chi connectivity index (χ0v) is 16.2. The average molecular weight is 422 g/mol. The highest BCUT2D eigenvalue weighted by Crippen LogP contribution is 2.23. The SMILES string of the molecule is O=C1N[C@@H](Cc2cnc[nH]2)C(=O)N2CCN(C(=O)c3cc(Cl)cc(Cl)c3)C[C@H]12. The Morgan fingerprint density at radius 1 is 1.18 bits per heavy atom. The van der Waals surface area contributed by atoms with Crippen molar-refractivity contribution in [3.8, 4) is 0 Å². The van der Waals surface area contributed by atoms with Gasteiger partial charge in [-0.1, -0.05) is 23.2 Å². The van der Waals surface area contributed by atoms with Crippen LogP contribution in [-0.4, -0.2) is 69.2 Å². The van der Waals surface area contributed by atoms with Crippen LogP contribution in [0, 0.1) is 0 Å². The van der Waals surface area contributed by atoms with E-state index in [0.29, 0.717) is 28.6 Å². The number of halogens is 2. The van der Waals surface area contributed by atoms with Gasteiger partial charge >= 0.3 is 0 Å². The van der Waals surface area contributed by atoms with Crippen molar-refractivity contribution in [3.63, 3.8) is 0 Å². The van der Waals surface area contributed by atoms with E-state index in [4.69, 9.17) is 23.2 Å². The van der Waals surface area contributed by atoms with Gasteiger partial charge in [0.05, 0.1) is 12.9 Å². The standard InChI is InChI=1S/C18H17Cl2N5O3/c19-11-3-10(4-12(20)5-11)17(27)24-1-2-25-15(8-24)16(26)23-14(18(25)28)6-13-7-21-9-22-13/h3-5,7,9,14-15H,1-2,6,8H2,(H,21,22)(H,23,26)/t14-,15+/m0/s1. The summed E-state index contributed by atoms with van der Waals surface area (Å²) < 4.78 is 0. The lowest BCUT2D eigenvalue weighted by molar-refractivity contribution is -0.152. The molecule has 28 heavy (non-hydrogen) atoms. The number of carbonyl (C=O) groups is 3. The first-order valence-electron chi connectivity index (χ1n) is 8.76. The molecule has 1 aromatic carbocycles. The largest absolute Gasteiger partial charge is 0.348 e. The molecule has 8 nitrogen and oxygen atoms in total. The minimum Gasteiger partial charge on any atom is -0.348 e. The van der Waals surface area contributed by atoms with Crippen LogP contribution >= 0.6 is 23.2 Å². The van der Waals surface area contributed by atoms with E-state index in [0.717, 1.165) is 5.69 Å². The number of amides is 3. The number of carbonyl (C=O) groups excluding carboxylic acids is 3. The summed E-state index contributed by atoms with van der Waals surface area (Å²) in [6.45, 7) is 0.739. The number of aromatic nitrogens is 2. The van der Waals surface area contributed by atoms with Crippen molar-refractivity contribution in [2.75, 3.05) is 19.6 Å². The van der Waals surface area contributed by atoms with Crippen LogP contribution < -0.4 is 5.32 Å². The molecular formula is C18H17Cl2N5O3. The highest BCUT2D eigenvalue weighted by atomic mass is 35.5. The summed E-state index contributed by atoms with van der Waals surface area (Å²) >= 11 is 12.0. The van der Waals surface area contributed by atoms with Crippen molar-refractivity contribution in [2.45, 2.75) is 18.5 Å². The van der Waals surface area contributed by atoms with Crippen LogP contribution in [0.25, 0.3) is 0 Å². The molecule has 0 spiro atoms. The number of nitrogens with zero attached hydrogens (tertiary/aromatic N) is 3. The van der Waals surface area contributed by atoms with Crippen LogP contribution in [0.1, 0.15) is 16.1 Å². The number of imidazole rings is 1. The number of hydrogen-bond donors (Lipinski definition) is 2. The Kier molecular flexibility index (Phi) is 4.99. The molecule has 3 amide bonds. The van der Waals surface area contributed by atoms with E-state index in [1.807, 2.05) is 0 Å². The number of fused-ring (bicyclic) bond motifs is 1. The Balaban J connectivity index is 1.48. The monoisotopic (exact) mass is 421 g/mol. The van der Waals surface area contributed by atoms with E-state index in [1.54, 1.807) is 22.1 Å². The van der Waals surface area contributed by atoms with E-state index in [-0.39, 0.29) is 30.8 Å². The third-order valence-electron chi connectivity index (χ3n) is 4.96. The fourth-order valence-corrected chi connectivity index (χ4v) is 4.13. The minimum atomic E-state index is -0.710. The van der Waals surface area contributed by atoms with Gasteiger partial charge < -0.3 is 20.1 Å². The first-order valence-corrected chi connectivity index (χ1v) is 9.51. The van der Waals surface area contributed by atoms with Gasteiger partial charge in [0.25, 0.3) is 5.91 Å². The summed E-state index contributed by atoms with van der Waals surface area (Å²) in [5, 5.41) is 3.49. The average Bonchev–Trinajstić information content (AvgIpc) is 3.17. The van der Waals surface area contributed by atoms with Crippen LogP contribution in [0.5, 0.6) is 0 Å². The van der Waals surface area contributed by atoms with Gasteiger partial charge in [-0.05, 0) is 18.2 Å². The van der Waals surface area contributed by atoms with Gasteiger partial charge in [0, 0.05) is 47.0 Å². The zero-order valence-electron chi connectivity index (χ0n) is 14.7. The summed E-state index contributed by atoms with van der Waals surface area (Å²) in [6.07, 6.45) is 3.50. The molecule has 146 valence electrons. The maximum Gasteiger partial charge on any atom is 0.254 e. The van der Waals surface area contributed by atoms with Crippen LogP contribution in [0.2, 0.25) is 10.0 Å². The molecule has 2 N–H and O–H groups in total. The van der Waals surface area contributed by atoms with Gasteiger partial charge in [0.15, 0.2) is 0 Å². The van der Waals surface area contributed by atoms with Crippen LogP contribution in [-0.2, 0) is 16.0 Å². The van der Waals surface area contributed by atoms with Crippen molar-refractivity contribution in [1.82, 2.24) is 25.1 Å². The van der Waals surface area contributed by atoms with Crippen molar-refractivity contribution in [1.29, 1.82) is 0 Å². The predicted octanol–water partition coefficient (Wildman–Crippen LogP) is 1.11. The van der Waals surface area contributed by atoms with Crippen molar-refractivity contribution in [2.24, 2.45) is 0 Å². The van der Waals surface area contributed by atoms with E-state index >= 15 is 0 Å². The van der Waals surface area contributed by atoms with Crippen LogP contribution in [0.4, 0.5) is 0 Å². The van der Waals surface area contributed by atoms with Crippen molar-refractivity contribution >= 4 is 40.9 Å². The molecule has 2 aliphatic heterocycles. The second-order valence-electron chi connectivity index (χ2n) is 6.80. The number of aromatic amines is 1. The highest BCUT2D eigenvalue weighted by Gasteiger charge is 2.44. The topological polar surface area (TPSA) is 98.4 Å². The summed E-state index contributed by atoms with van der Waals surface area (Å²) in [4.78, 5) is 48.2. The number of nitrogens with one attached hydrogen (secondary N) is 2.